The molecule has 0 unspecified atom stereocenters. The third kappa shape index (κ3) is 7.37. The van der Waals surface area contributed by atoms with Crippen molar-refractivity contribution in [1.29, 1.82) is 0 Å². The predicted molar refractivity (Wildman–Crippen MR) is 143 cm³/mol. The van der Waals surface area contributed by atoms with Crippen LogP contribution in [0.3, 0.4) is 0 Å². The van der Waals surface area contributed by atoms with E-state index in [0.29, 0.717) is 12.1 Å². The van der Waals surface area contributed by atoms with Crippen LogP contribution in [-0.4, -0.2) is 23.0 Å². The second-order valence-electron chi connectivity index (χ2n) is 8.11. The molecular formula is C26H30INO4S. The van der Waals surface area contributed by atoms with Crippen LogP contribution in [0.5, 0.6) is 0 Å². The Labute approximate surface area is 206 Å². The van der Waals surface area contributed by atoms with Gasteiger partial charge in [-0.2, -0.15) is 0 Å². The van der Waals surface area contributed by atoms with E-state index in [-0.39, 0.29) is 11.3 Å². The molecule has 0 saturated carbocycles. The number of sulfonamides is 1. The van der Waals surface area contributed by atoms with Gasteiger partial charge in [0.15, 0.2) is 0 Å². The average molecular weight is 580 g/mol. The van der Waals surface area contributed by atoms with Crippen LogP contribution in [0.2, 0.25) is 0 Å². The van der Waals surface area contributed by atoms with Gasteiger partial charge in [-0.25, -0.2) is 8.42 Å². The number of carbonyl (C=O) groups is 1. The molecule has 5 nitrogen and oxygen atoms in total. The zero-order chi connectivity index (χ0) is 23.8. The fourth-order valence-corrected chi connectivity index (χ4v) is 8.11. The normalized spacial score (nSPS) is 14.2. The molecule has 3 rings (SSSR count). The van der Waals surface area contributed by atoms with Gasteiger partial charge in [0, 0.05) is 13.5 Å². The lowest BCUT2D eigenvalue weighted by Crippen LogP contribution is -2.27. The summed E-state index contributed by atoms with van der Waals surface area (Å²) in [6, 6.07) is 17.3. The number of carboxylic acids is 1. The number of benzene rings is 2. The first kappa shape index (κ1) is 25.4. The van der Waals surface area contributed by atoms with Crippen LogP contribution in [-0.2, 0) is 21.2 Å². The summed E-state index contributed by atoms with van der Waals surface area (Å²) >= 11 is -0.453. The summed E-state index contributed by atoms with van der Waals surface area (Å²) < 4.78 is 31.5. The Morgan fingerprint density at radius 3 is 2.39 bits per heavy atom. The minimum Gasteiger partial charge on any atom is -0.481 e. The number of hydrogen-bond donors (Lipinski definition) is 2. The van der Waals surface area contributed by atoms with Crippen molar-refractivity contribution < 1.29 is 18.3 Å². The predicted octanol–water partition coefficient (Wildman–Crippen LogP) is 6.03. The van der Waals surface area contributed by atoms with Crippen LogP contribution >= 0.6 is 20.7 Å². The van der Waals surface area contributed by atoms with Crippen molar-refractivity contribution in [1.82, 2.24) is 4.72 Å². The van der Waals surface area contributed by atoms with Gasteiger partial charge in [0.05, 0.1) is 10.6 Å². The summed E-state index contributed by atoms with van der Waals surface area (Å²) in [6.45, 7) is 3.97. The second-order valence-corrected chi connectivity index (χ2v) is 13.1. The Balaban J connectivity index is 1.68. The zero-order valence-electron chi connectivity index (χ0n) is 19.0. The topological polar surface area (TPSA) is 83.5 Å². The lowest BCUT2D eigenvalue weighted by molar-refractivity contribution is -0.137. The maximum absolute atomic E-state index is 13.2. The number of hydrogen-bond acceptors (Lipinski definition) is 3. The van der Waals surface area contributed by atoms with E-state index in [1.54, 1.807) is 18.2 Å². The highest BCUT2D eigenvalue weighted by atomic mass is 127. The summed E-state index contributed by atoms with van der Waals surface area (Å²) in [5, 5.41) is 8.70. The van der Waals surface area contributed by atoms with Crippen molar-refractivity contribution >= 4 is 43.8 Å². The number of nitrogens with one attached hydrogen (secondary N) is 1. The first-order chi connectivity index (χ1) is 15.8. The van der Waals surface area contributed by atoms with Crippen LogP contribution in [0.1, 0.15) is 57.1 Å². The molecule has 0 aromatic heterocycles. The lowest BCUT2D eigenvalue weighted by atomic mass is 10.1. The van der Waals surface area contributed by atoms with E-state index in [1.807, 2.05) is 38.1 Å². The molecule has 0 aliphatic carbocycles. The van der Waals surface area contributed by atoms with Crippen LogP contribution in [0.25, 0.3) is 3.58 Å². The Morgan fingerprint density at radius 1 is 0.970 bits per heavy atom. The largest absolute Gasteiger partial charge is 0.481 e. The van der Waals surface area contributed by atoms with E-state index in [9.17, 15) is 13.2 Å². The van der Waals surface area contributed by atoms with Crippen molar-refractivity contribution in [3.8, 4) is 0 Å². The highest BCUT2D eigenvalue weighted by Gasteiger charge is 2.20. The molecule has 1 heterocycles. The summed E-state index contributed by atoms with van der Waals surface area (Å²) in [5.74, 6) is -0.759. The number of carboxylic acid groups (broad SMARTS) is 1. The Hall–Kier alpha value is -2.26. The SMILES string of the molecule is CC1=IC(c2ccccc2)=CC(C)=C1NS(=O)(=O)c1cccc(CCCCCCC(=O)O)c1. The van der Waals surface area contributed by atoms with E-state index in [1.165, 1.54) is 9.14 Å². The third-order valence-electron chi connectivity index (χ3n) is 5.43. The monoisotopic (exact) mass is 579 g/mol. The zero-order valence-corrected chi connectivity index (χ0v) is 21.9. The van der Waals surface area contributed by atoms with E-state index in [0.717, 1.165) is 40.3 Å². The maximum Gasteiger partial charge on any atom is 0.303 e. The summed E-state index contributed by atoms with van der Waals surface area (Å²) in [4.78, 5) is 10.9. The Bertz CT molecular complexity index is 1200. The number of rotatable bonds is 11. The molecule has 2 aromatic carbocycles. The molecular weight excluding hydrogens is 549 g/mol. The van der Waals surface area contributed by atoms with Gasteiger partial charge in [-0.05, 0) is 68.0 Å². The molecule has 2 N–H and O–H groups in total. The highest BCUT2D eigenvalue weighted by Crippen LogP contribution is 2.35. The van der Waals surface area contributed by atoms with Crippen LogP contribution < -0.4 is 4.72 Å². The summed E-state index contributed by atoms with van der Waals surface area (Å²) in [6.07, 6.45) is 6.48. The van der Waals surface area contributed by atoms with Gasteiger partial charge in [-0.15, -0.1) is 0 Å². The van der Waals surface area contributed by atoms with Crippen molar-refractivity contribution in [3.63, 3.8) is 0 Å². The first-order valence-electron chi connectivity index (χ1n) is 11.1. The smallest absolute Gasteiger partial charge is 0.303 e. The number of aliphatic carboxylic acids is 1. The molecule has 1 aliphatic heterocycles. The third-order valence-corrected chi connectivity index (χ3v) is 9.64. The van der Waals surface area contributed by atoms with E-state index < -0.39 is 36.7 Å². The van der Waals surface area contributed by atoms with Gasteiger partial charge in [-0.1, -0.05) is 76.0 Å². The molecule has 7 heteroatoms. The molecule has 33 heavy (non-hydrogen) atoms. The molecule has 0 spiro atoms. The van der Waals surface area contributed by atoms with Gasteiger partial charge in [0.25, 0.3) is 10.0 Å². The average Bonchev–Trinajstić information content (AvgIpc) is 2.79. The van der Waals surface area contributed by atoms with Crippen LogP contribution in [0.15, 0.2) is 76.8 Å². The molecule has 2 aromatic rings. The van der Waals surface area contributed by atoms with Gasteiger partial charge in [-0.3, -0.25) is 9.52 Å². The molecule has 0 bridgehead atoms. The van der Waals surface area contributed by atoms with Gasteiger partial charge in [0.2, 0.25) is 0 Å². The molecule has 176 valence electrons. The molecule has 0 radical (unpaired) electrons. The van der Waals surface area contributed by atoms with Gasteiger partial charge < -0.3 is 5.11 Å². The fourth-order valence-electron chi connectivity index (χ4n) is 3.67. The molecule has 0 amide bonds. The summed E-state index contributed by atoms with van der Waals surface area (Å²) in [5.41, 5.74) is 3.82. The molecule has 0 atom stereocenters. The quantitative estimate of drug-likeness (QED) is 0.252. The fraction of sp³-hybridized carbons (Fsp3) is 0.308. The van der Waals surface area contributed by atoms with Crippen molar-refractivity contribution in [2.45, 2.75) is 57.3 Å². The van der Waals surface area contributed by atoms with Crippen molar-refractivity contribution in [2.24, 2.45) is 0 Å². The maximum atomic E-state index is 13.2. The van der Waals surface area contributed by atoms with Gasteiger partial charge >= 0.3 is 5.97 Å². The molecule has 1 aliphatic rings. The minimum absolute atomic E-state index is 0.204. The number of aryl methyl sites for hydroxylation is 1. The number of allylic oxidation sites excluding steroid dienone is 3. The number of unbranched alkanes of at least 4 members (excludes halogenated alkanes) is 3. The minimum atomic E-state index is -3.68. The van der Waals surface area contributed by atoms with Gasteiger partial charge in [0.1, 0.15) is 0 Å². The Morgan fingerprint density at radius 2 is 1.70 bits per heavy atom. The van der Waals surface area contributed by atoms with E-state index in [2.05, 4.69) is 22.9 Å². The Kier molecular flexibility index (Phi) is 9.02. The first-order valence-corrected chi connectivity index (χ1v) is 14.7. The van der Waals surface area contributed by atoms with Crippen molar-refractivity contribution in [3.05, 3.63) is 83.1 Å². The van der Waals surface area contributed by atoms with Crippen molar-refractivity contribution in [2.75, 3.05) is 0 Å². The van der Waals surface area contributed by atoms with Crippen LogP contribution in [0.4, 0.5) is 0 Å². The standard InChI is InChI=1S/C26H30INO4S/c1-19-17-24(22-13-7-5-8-14-22)27-20(2)26(19)28-33(31,32)23-15-10-12-21(18-23)11-6-3-4-9-16-25(29)30/h5,7-8,10,12-15,17-18,28H,3-4,6,9,11,16H2,1-2H3,(H,29,30). The summed E-state index contributed by atoms with van der Waals surface area (Å²) in [7, 11) is -3.68. The highest BCUT2D eigenvalue weighted by molar-refractivity contribution is 14.2. The second kappa shape index (κ2) is 11.7. The van der Waals surface area contributed by atoms with E-state index >= 15 is 0 Å². The molecule has 0 fully saturated rings. The van der Waals surface area contributed by atoms with E-state index in [4.69, 9.17) is 5.11 Å². The van der Waals surface area contributed by atoms with Crippen LogP contribution in [0, 0.1) is 0 Å². The lowest BCUT2D eigenvalue weighted by Gasteiger charge is -2.19. The molecule has 0 saturated heterocycles. The number of halogens is 1.